The van der Waals surface area contributed by atoms with Crippen molar-refractivity contribution in [3.63, 3.8) is 0 Å². The van der Waals surface area contributed by atoms with E-state index in [0.29, 0.717) is 18.7 Å². The molecular weight excluding hydrogens is 212 g/mol. The van der Waals surface area contributed by atoms with Gasteiger partial charge in [0.25, 0.3) is 5.91 Å². The summed E-state index contributed by atoms with van der Waals surface area (Å²) in [5, 5.41) is 2.86. The third-order valence-corrected chi connectivity index (χ3v) is 2.48. The van der Waals surface area contributed by atoms with Crippen molar-refractivity contribution in [3.05, 3.63) is 35.4 Å². The fourth-order valence-corrected chi connectivity index (χ4v) is 1.47. The summed E-state index contributed by atoms with van der Waals surface area (Å²) < 4.78 is 0. The molecule has 0 bridgehead atoms. The Bertz CT molecular complexity index is 390. The first kappa shape index (κ1) is 13.3. The second kappa shape index (κ2) is 7.48. The lowest BCUT2D eigenvalue weighted by atomic mass is 10.1. The Hall–Kier alpha value is -1.79. The van der Waals surface area contributed by atoms with E-state index in [4.69, 9.17) is 12.2 Å². The molecule has 3 nitrogen and oxygen atoms in total. The number of benzene rings is 1. The van der Waals surface area contributed by atoms with Crippen molar-refractivity contribution in [3.8, 4) is 12.3 Å². The molecule has 0 saturated carbocycles. The Morgan fingerprint density at radius 2 is 1.94 bits per heavy atom. The molecule has 1 aromatic rings. The zero-order valence-corrected chi connectivity index (χ0v) is 9.91. The number of hydrogen-bond donors (Lipinski definition) is 2. The van der Waals surface area contributed by atoms with Crippen LogP contribution in [0.15, 0.2) is 24.3 Å². The fraction of sp³-hybridized carbons (Fsp3) is 0.357. The van der Waals surface area contributed by atoms with Crippen LogP contribution in [-0.2, 0) is 0 Å². The summed E-state index contributed by atoms with van der Waals surface area (Å²) in [7, 11) is 0. The van der Waals surface area contributed by atoms with Crippen molar-refractivity contribution in [2.24, 2.45) is 5.73 Å². The fourth-order valence-electron chi connectivity index (χ4n) is 1.47. The summed E-state index contributed by atoms with van der Waals surface area (Å²) >= 11 is 0. The molecule has 1 rings (SSSR count). The molecule has 0 saturated heterocycles. The molecule has 0 atom stereocenters. The van der Waals surface area contributed by atoms with E-state index in [-0.39, 0.29) is 5.91 Å². The minimum Gasteiger partial charge on any atom is -0.352 e. The van der Waals surface area contributed by atoms with Crippen LogP contribution >= 0.6 is 0 Å². The van der Waals surface area contributed by atoms with Gasteiger partial charge in [-0.3, -0.25) is 4.79 Å². The van der Waals surface area contributed by atoms with Gasteiger partial charge in [-0.15, -0.1) is 6.42 Å². The van der Waals surface area contributed by atoms with Crippen molar-refractivity contribution in [2.75, 3.05) is 13.1 Å². The maximum atomic E-state index is 11.7. The van der Waals surface area contributed by atoms with E-state index in [0.717, 1.165) is 24.8 Å². The number of terminal acetylenes is 1. The average Bonchev–Trinajstić information content (AvgIpc) is 2.38. The molecule has 0 aliphatic carbocycles. The van der Waals surface area contributed by atoms with E-state index in [1.165, 1.54) is 0 Å². The number of carbonyl (C=O) groups excluding carboxylic acids is 1. The lowest BCUT2D eigenvalue weighted by molar-refractivity contribution is 0.0953. The van der Waals surface area contributed by atoms with Crippen LogP contribution in [0.1, 0.15) is 35.2 Å². The van der Waals surface area contributed by atoms with Gasteiger partial charge in [0, 0.05) is 17.7 Å². The van der Waals surface area contributed by atoms with Gasteiger partial charge in [0.2, 0.25) is 0 Å². The molecule has 3 heteroatoms. The Kier molecular flexibility index (Phi) is 5.84. The van der Waals surface area contributed by atoms with Crippen LogP contribution in [-0.4, -0.2) is 19.0 Å². The number of nitrogens with one attached hydrogen (secondary N) is 1. The van der Waals surface area contributed by atoms with E-state index in [9.17, 15) is 4.79 Å². The number of carbonyl (C=O) groups is 1. The number of nitrogens with two attached hydrogens (primary N) is 1. The smallest absolute Gasteiger partial charge is 0.251 e. The molecule has 90 valence electrons. The standard InChI is InChI=1S/C14H18N2O/c1-2-12-6-8-13(9-7-12)14(17)16-11-5-3-4-10-15/h1,6-9H,3-5,10-11,15H2,(H,16,17). The molecule has 1 aromatic carbocycles. The predicted molar refractivity (Wildman–Crippen MR) is 69.6 cm³/mol. The molecule has 0 heterocycles. The third kappa shape index (κ3) is 4.71. The van der Waals surface area contributed by atoms with Gasteiger partial charge in [0.05, 0.1) is 0 Å². The van der Waals surface area contributed by atoms with Crippen LogP contribution in [0.5, 0.6) is 0 Å². The van der Waals surface area contributed by atoms with Gasteiger partial charge in [-0.05, 0) is 43.7 Å². The van der Waals surface area contributed by atoms with E-state index in [1.54, 1.807) is 24.3 Å². The highest BCUT2D eigenvalue weighted by molar-refractivity contribution is 5.94. The summed E-state index contributed by atoms with van der Waals surface area (Å²) in [6.07, 6.45) is 8.26. The minimum absolute atomic E-state index is 0.0543. The predicted octanol–water partition coefficient (Wildman–Crippen LogP) is 1.53. The second-order valence-electron chi connectivity index (χ2n) is 3.83. The summed E-state index contributed by atoms with van der Waals surface area (Å²) in [4.78, 5) is 11.7. The largest absolute Gasteiger partial charge is 0.352 e. The van der Waals surface area contributed by atoms with Crippen molar-refractivity contribution in [1.29, 1.82) is 0 Å². The Morgan fingerprint density at radius 1 is 1.24 bits per heavy atom. The zero-order chi connectivity index (χ0) is 12.5. The quantitative estimate of drug-likeness (QED) is 0.575. The summed E-state index contributed by atoms with van der Waals surface area (Å²) in [6.45, 7) is 1.40. The highest BCUT2D eigenvalue weighted by Gasteiger charge is 2.03. The van der Waals surface area contributed by atoms with Crippen LogP contribution < -0.4 is 11.1 Å². The molecule has 17 heavy (non-hydrogen) atoms. The van der Waals surface area contributed by atoms with Gasteiger partial charge in [-0.1, -0.05) is 12.3 Å². The third-order valence-electron chi connectivity index (χ3n) is 2.48. The van der Waals surface area contributed by atoms with Gasteiger partial charge in [-0.25, -0.2) is 0 Å². The van der Waals surface area contributed by atoms with Crippen LogP contribution in [0.4, 0.5) is 0 Å². The molecule has 0 aliphatic heterocycles. The molecule has 0 radical (unpaired) electrons. The molecule has 0 aromatic heterocycles. The monoisotopic (exact) mass is 230 g/mol. The average molecular weight is 230 g/mol. The van der Waals surface area contributed by atoms with Crippen LogP contribution in [0, 0.1) is 12.3 Å². The SMILES string of the molecule is C#Cc1ccc(C(=O)NCCCCCN)cc1. The first-order chi connectivity index (χ1) is 8.27. The number of rotatable bonds is 6. The highest BCUT2D eigenvalue weighted by atomic mass is 16.1. The van der Waals surface area contributed by atoms with Crippen LogP contribution in [0.25, 0.3) is 0 Å². The molecule has 3 N–H and O–H groups in total. The minimum atomic E-state index is -0.0543. The van der Waals surface area contributed by atoms with Crippen LogP contribution in [0.3, 0.4) is 0 Å². The Balaban J connectivity index is 2.34. The number of amides is 1. The second-order valence-corrected chi connectivity index (χ2v) is 3.83. The van der Waals surface area contributed by atoms with Gasteiger partial charge in [0.15, 0.2) is 0 Å². The van der Waals surface area contributed by atoms with Crippen molar-refractivity contribution in [2.45, 2.75) is 19.3 Å². The molecule has 0 aliphatic rings. The number of unbranched alkanes of at least 4 members (excludes halogenated alkanes) is 2. The maximum absolute atomic E-state index is 11.7. The summed E-state index contributed by atoms with van der Waals surface area (Å²) in [5.74, 6) is 2.46. The molecular formula is C14H18N2O. The maximum Gasteiger partial charge on any atom is 0.251 e. The summed E-state index contributed by atoms with van der Waals surface area (Å²) in [5.41, 5.74) is 6.81. The lowest BCUT2D eigenvalue weighted by Crippen LogP contribution is -2.24. The van der Waals surface area contributed by atoms with E-state index < -0.39 is 0 Å². The van der Waals surface area contributed by atoms with Crippen molar-refractivity contribution < 1.29 is 4.79 Å². The normalized spacial score (nSPS) is 9.65. The highest BCUT2D eigenvalue weighted by Crippen LogP contribution is 2.03. The van der Waals surface area contributed by atoms with Crippen LogP contribution in [0.2, 0.25) is 0 Å². The van der Waals surface area contributed by atoms with Gasteiger partial charge >= 0.3 is 0 Å². The summed E-state index contributed by atoms with van der Waals surface area (Å²) in [6, 6.07) is 7.02. The van der Waals surface area contributed by atoms with Gasteiger partial charge in [0.1, 0.15) is 0 Å². The van der Waals surface area contributed by atoms with Gasteiger partial charge < -0.3 is 11.1 Å². The topological polar surface area (TPSA) is 55.1 Å². The lowest BCUT2D eigenvalue weighted by Gasteiger charge is -2.04. The molecule has 1 amide bonds. The van der Waals surface area contributed by atoms with Crippen molar-refractivity contribution in [1.82, 2.24) is 5.32 Å². The zero-order valence-electron chi connectivity index (χ0n) is 9.91. The van der Waals surface area contributed by atoms with Crippen molar-refractivity contribution >= 4 is 5.91 Å². The number of hydrogen-bond acceptors (Lipinski definition) is 2. The van der Waals surface area contributed by atoms with E-state index >= 15 is 0 Å². The molecule has 0 fully saturated rings. The molecule has 0 spiro atoms. The van der Waals surface area contributed by atoms with E-state index in [2.05, 4.69) is 11.2 Å². The first-order valence-electron chi connectivity index (χ1n) is 5.83. The van der Waals surface area contributed by atoms with E-state index in [1.807, 2.05) is 0 Å². The van der Waals surface area contributed by atoms with Gasteiger partial charge in [-0.2, -0.15) is 0 Å². The Morgan fingerprint density at radius 3 is 2.53 bits per heavy atom. The first-order valence-corrected chi connectivity index (χ1v) is 5.83. The molecule has 0 unspecified atom stereocenters. The Labute approximate surface area is 102 Å².